The molecule has 0 bridgehead atoms. The fourth-order valence-electron chi connectivity index (χ4n) is 5.51. The van der Waals surface area contributed by atoms with Gasteiger partial charge in [-0.15, -0.1) is 0 Å². The van der Waals surface area contributed by atoms with E-state index in [2.05, 4.69) is 71.5 Å². The Kier molecular flexibility index (Phi) is 9.23. The van der Waals surface area contributed by atoms with Crippen molar-refractivity contribution in [3.05, 3.63) is 193 Å². The molecule has 47 heavy (non-hydrogen) atoms. The van der Waals surface area contributed by atoms with Gasteiger partial charge in [-0.25, -0.2) is 0 Å². The van der Waals surface area contributed by atoms with Gasteiger partial charge in [0.05, 0.1) is 5.03 Å². The molecule has 0 heterocycles. The summed E-state index contributed by atoms with van der Waals surface area (Å²) < 4.78 is 0. The molecule has 0 aliphatic carbocycles. The Balaban J connectivity index is 1.33. The number of rotatable bonds is 11. The maximum atomic E-state index is 12.6. The van der Waals surface area contributed by atoms with Gasteiger partial charge in [0.1, 0.15) is 0 Å². The number of halogens is 1. The zero-order valence-corrected chi connectivity index (χ0v) is 26.3. The van der Waals surface area contributed by atoms with Crippen molar-refractivity contribution in [2.45, 2.75) is 0 Å². The quantitative estimate of drug-likeness (QED) is 0.105. The average Bonchev–Trinajstić information content (AvgIpc) is 3.13. The third kappa shape index (κ3) is 6.84. The van der Waals surface area contributed by atoms with Crippen molar-refractivity contribution in [3.63, 3.8) is 0 Å². The Morgan fingerprint density at radius 3 is 1.30 bits per heavy atom. The summed E-state index contributed by atoms with van der Waals surface area (Å²) in [5.74, 6) is -0.420. The minimum Gasteiger partial charge on any atom is -0.310 e. The minimum atomic E-state index is -0.302. The van der Waals surface area contributed by atoms with Gasteiger partial charge in [-0.2, -0.15) is 0 Å². The first-order valence-electron chi connectivity index (χ1n) is 15.1. The number of carbonyl (C=O) groups excluding carboxylic acids is 2. The third-order valence-electron chi connectivity index (χ3n) is 7.80. The second-order valence-corrected chi connectivity index (χ2v) is 11.3. The second-order valence-electron chi connectivity index (χ2n) is 10.8. The van der Waals surface area contributed by atoms with Crippen molar-refractivity contribution >= 4 is 57.3 Å². The Bertz CT molecular complexity index is 2060. The smallest absolute Gasteiger partial charge is 0.203 e. The van der Waals surface area contributed by atoms with Crippen LogP contribution in [-0.2, 0) is 0 Å². The van der Waals surface area contributed by atoms with Gasteiger partial charge in [-0.05, 0) is 90.0 Å². The van der Waals surface area contributed by atoms with Crippen LogP contribution in [0.15, 0.2) is 182 Å². The Labute approximate surface area is 280 Å². The van der Waals surface area contributed by atoms with Crippen LogP contribution in [0.25, 0.3) is 11.1 Å². The van der Waals surface area contributed by atoms with Crippen LogP contribution < -0.4 is 9.80 Å². The van der Waals surface area contributed by atoms with E-state index in [9.17, 15) is 9.59 Å². The number of benzene rings is 6. The molecule has 0 unspecified atom stereocenters. The van der Waals surface area contributed by atoms with Crippen LogP contribution in [0.3, 0.4) is 0 Å². The van der Waals surface area contributed by atoms with Crippen molar-refractivity contribution in [2.24, 2.45) is 0 Å². The molecule has 0 aliphatic heterocycles. The molecular weight excluding hydrogens is 600 g/mol. The van der Waals surface area contributed by atoms with Crippen LogP contribution >= 0.6 is 11.6 Å². The SMILES string of the molecule is C=CC(=O)c1cccc(N(c2ccccc2)c2ccc(-c3ccc(N(c4ccccc4)c4cccc(C(=O)C(=C)Cl)c4)cc3)cc2)c1. The molecule has 0 aromatic heterocycles. The lowest BCUT2D eigenvalue weighted by atomic mass is 10.0. The highest BCUT2D eigenvalue weighted by Gasteiger charge is 2.17. The molecule has 228 valence electrons. The summed E-state index contributed by atoms with van der Waals surface area (Å²) in [6.07, 6.45) is 1.34. The lowest BCUT2D eigenvalue weighted by Crippen LogP contribution is -2.11. The highest BCUT2D eigenvalue weighted by atomic mass is 35.5. The lowest BCUT2D eigenvalue weighted by Gasteiger charge is -2.26. The summed E-state index contributed by atoms with van der Waals surface area (Å²) in [5, 5.41) is -0.0213. The molecule has 0 saturated carbocycles. The molecular formula is C42H31ClN2O2. The fraction of sp³-hybridized carbons (Fsp3) is 0. The Morgan fingerprint density at radius 2 is 0.872 bits per heavy atom. The molecule has 5 heteroatoms. The zero-order valence-electron chi connectivity index (χ0n) is 25.6. The molecule has 6 rings (SSSR count). The maximum absolute atomic E-state index is 12.6. The summed E-state index contributed by atoms with van der Waals surface area (Å²) in [7, 11) is 0. The van der Waals surface area contributed by atoms with Crippen molar-refractivity contribution in [3.8, 4) is 11.1 Å². The van der Waals surface area contributed by atoms with Crippen LogP contribution in [-0.4, -0.2) is 11.6 Å². The van der Waals surface area contributed by atoms with E-state index < -0.39 is 0 Å². The van der Waals surface area contributed by atoms with Crippen LogP contribution in [0.4, 0.5) is 34.1 Å². The summed E-state index contributed by atoms with van der Waals surface area (Å²) >= 11 is 5.94. The molecule has 0 fully saturated rings. The summed E-state index contributed by atoms with van der Waals surface area (Å²) in [6, 6.07) is 51.7. The maximum Gasteiger partial charge on any atom is 0.203 e. The molecule has 0 saturated heterocycles. The van der Waals surface area contributed by atoms with Gasteiger partial charge >= 0.3 is 0 Å². The molecule has 6 aromatic rings. The summed E-state index contributed by atoms with van der Waals surface area (Å²) in [5.41, 5.74) is 8.73. The lowest BCUT2D eigenvalue weighted by molar-refractivity contribution is 0.103. The monoisotopic (exact) mass is 630 g/mol. The molecule has 0 N–H and O–H groups in total. The predicted molar refractivity (Wildman–Crippen MR) is 195 cm³/mol. The van der Waals surface area contributed by atoms with Gasteiger partial charge < -0.3 is 9.80 Å². The number of ketones is 2. The van der Waals surface area contributed by atoms with E-state index in [4.69, 9.17) is 11.6 Å². The first kappa shape index (κ1) is 31.0. The van der Waals surface area contributed by atoms with Gasteiger partial charge in [-0.1, -0.05) is 110 Å². The number of hydrogen-bond acceptors (Lipinski definition) is 4. The first-order valence-corrected chi connectivity index (χ1v) is 15.5. The van der Waals surface area contributed by atoms with E-state index in [1.807, 2.05) is 97.1 Å². The van der Waals surface area contributed by atoms with E-state index in [0.717, 1.165) is 45.3 Å². The summed E-state index contributed by atoms with van der Waals surface area (Å²) in [4.78, 5) is 29.2. The second kappa shape index (κ2) is 14.0. The highest BCUT2D eigenvalue weighted by molar-refractivity contribution is 6.44. The number of nitrogens with zero attached hydrogens (tertiary/aromatic N) is 2. The number of anilines is 6. The van der Waals surface area contributed by atoms with E-state index in [1.165, 1.54) is 6.08 Å². The van der Waals surface area contributed by atoms with Gasteiger partial charge in [-0.3, -0.25) is 9.59 Å². The minimum absolute atomic E-state index is 0.0213. The van der Waals surface area contributed by atoms with Crippen LogP contribution in [0.1, 0.15) is 20.7 Å². The summed E-state index contributed by atoms with van der Waals surface area (Å²) in [6.45, 7) is 7.25. The molecule has 6 aromatic carbocycles. The number of allylic oxidation sites excluding steroid dienone is 2. The molecule has 0 aliphatic rings. The first-order chi connectivity index (χ1) is 22.9. The third-order valence-corrected chi connectivity index (χ3v) is 7.97. The number of para-hydroxylation sites is 2. The van der Waals surface area contributed by atoms with Gasteiger partial charge in [0.2, 0.25) is 5.78 Å². The Hall–Kier alpha value is -5.97. The normalized spacial score (nSPS) is 10.6. The van der Waals surface area contributed by atoms with Gasteiger partial charge in [0, 0.05) is 45.3 Å². The fourth-order valence-corrected chi connectivity index (χ4v) is 5.62. The largest absolute Gasteiger partial charge is 0.310 e. The highest BCUT2D eigenvalue weighted by Crippen LogP contribution is 2.38. The van der Waals surface area contributed by atoms with E-state index in [0.29, 0.717) is 11.1 Å². The molecule has 0 radical (unpaired) electrons. The van der Waals surface area contributed by atoms with Gasteiger partial charge in [0.25, 0.3) is 0 Å². The van der Waals surface area contributed by atoms with E-state index in [1.54, 1.807) is 12.1 Å². The Morgan fingerprint density at radius 1 is 0.489 bits per heavy atom. The molecule has 4 nitrogen and oxygen atoms in total. The van der Waals surface area contributed by atoms with Crippen LogP contribution in [0.5, 0.6) is 0 Å². The zero-order chi connectivity index (χ0) is 32.8. The number of carbonyl (C=O) groups is 2. The molecule has 0 spiro atoms. The topological polar surface area (TPSA) is 40.6 Å². The van der Waals surface area contributed by atoms with E-state index >= 15 is 0 Å². The van der Waals surface area contributed by atoms with Crippen LogP contribution in [0, 0.1) is 0 Å². The van der Waals surface area contributed by atoms with Crippen molar-refractivity contribution in [1.29, 1.82) is 0 Å². The van der Waals surface area contributed by atoms with Gasteiger partial charge in [0.15, 0.2) is 5.78 Å². The number of Topliss-reactive ketones (excluding diaryl/α,β-unsaturated/α-hetero) is 1. The van der Waals surface area contributed by atoms with Crippen LogP contribution in [0.2, 0.25) is 0 Å². The molecule has 0 atom stereocenters. The standard InChI is InChI=1S/C42H31ClN2O2/c1-3-41(46)33-12-10-18-39(28-33)44(35-14-6-4-7-15-35)37-24-20-31(21-25-37)32-22-26-38(27-23-32)45(36-16-8-5-9-17-36)40-19-11-13-34(29-40)42(47)30(2)43/h3-29H,1-2H2. The predicted octanol–water partition coefficient (Wildman–Crippen LogP) is 11.6. The average molecular weight is 631 g/mol. The van der Waals surface area contributed by atoms with E-state index in [-0.39, 0.29) is 16.6 Å². The molecule has 0 amide bonds. The van der Waals surface area contributed by atoms with Crippen molar-refractivity contribution in [2.75, 3.05) is 9.80 Å². The number of hydrogen-bond donors (Lipinski definition) is 0. The van der Waals surface area contributed by atoms with Crippen molar-refractivity contribution < 1.29 is 9.59 Å². The van der Waals surface area contributed by atoms with Crippen molar-refractivity contribution in [1.82, 2.24) is 0 Å².